The summed E-state index contributed by atoms with van der Waals surface area (Å²) in [4.78, 5) is 6.85. The van der Waals surface area contributed by atoms with Gasteiger partial charge in [0, 0.05) is 31.0 Å². The Balaban J connectivity index is 2.11. The highest BCUT2D eigenvalue weighted by molar-refractivity contribution is 5.54. The number of nitrogens with two attached hydrogens (primary N) is 1. The number of pyridine rings is 1. The molecule has 2 heterocycles. The number of aryl methyl sites for hydroxylation is 1. The Morgan fingerprint density at radius 3 is 2.38 bits per heavy atom. The van der Waals surface area contributed by atoms with Crippen LogP contribution in [0.25, 0.3) is 0 Å². The Kier molecular flexibility index (Phi) is 3.65. The Hall–Kier alpha value is -1.25. The van der Waals surface area contributed by atoms with Gasteiger partial charge in [-0.1, -0.05) is 19.3 Å². The van der Waals surface area contributed by atoms with Gasteiger partial charge in [0.25, 0.3) is 0 Å². The first-order chi connectivity index (χ1) is 7.77. The zero-order valence-electron chi connectivity index (χ0n) is 10.1. The average molecular weight is 219 g/mol. The van der Waals surface area contributed by atoms with Gasteiger partial charge in [0.05, 0.1) is 0 Å². The number of nitrogen functional groups attached to an aromatic ring is 1. The maximum absolute atomic E-state index is 5.93. The van der Waals surface area contributed by atoms with Crippen LogP contribution < -0.4 is 10.6 Å². The molecule has 1 saturated heterocycles. The number of hydrogen-bond acceptors (Lipinski definition) is 3. The molecule has 88 valence electrons. The van der Waals surface area contributed by atoms with Crippen LogP contribution in [0.15, 0.2) is 12.3 Å². The number of anilines is 2. The molecule has 3 heteroatoms. The van der Waals surface area contributed by atoms with Crippen molar-refractivity contribution in [2.24, 2.45) is 0 Å². The van der Waals surface area contributed by atoms with Gasteiger partial charge in [-0.2, -0.15) is 0 Å². The summed E-state index contributed by atoms with van der Waals surface area (Å²) in [6.07, 6.45) is 8.50. The third-order valence-electron chi connectivity index (χ3n) is 3.31. The van der Waals surface area contributed by atoms with E-state index in [1.165, 1.54) is 32.1 Å². The summed E-state index contributed by atoms with van der Waals surface area (Å²) >= 11 is 0. The number of nitrogens with zero attached hydrogens (tertiary/aromatic N) is 2. The molecule has 2 rings (SSSR count). The van der Waals surface area contributed by atoms with Gasteiger partial charge in [0.1, 0.15) is 5.82 Å². The van der Waals surface area contributed by atoms with Gasteiger partial charge in [-0.05, 0) is 25.3 Å². The summed E-state index contributed by atoms with van der Waals surface area (Å²) in [7, 11) is 0. The van der Waals surface area contributed by atoms with Crippen molar-refractivity contribution >= 4 is 11.5 Å². The molecular formula is C13H21N3. The third-order valence-corrected chi connectivity index (χ3v) is 3.31. The maximum atomic E-state index is 5.93. The Morgan fingerprint density at radius 1 is 1.12 bits per heavy atom. The third kappa shape index (κ3) is 2.65. The SMILES string of the molecule is Cc1cnc(N2CCCCCCC2)cc1N. The van der Waals surface area contributed by atoms with Crippen LogP contribution in [0.5, 0.6) is 0 Å². The molecule has 1 aromatic rings. The van der Waals surface area contributed by atoms with Crippen LogP contribution in [0.1, 0.15) is 37.7 Å². The van der Waals surface area contributed by atoms with E-state index in [-0.39, 0.29) is 0 Å². The molecule has 0 atom stereocenters. The number of rotatable bonds is 1. The summed E-state index contributed by atoms with van der Waals surface area (Å²) in [5, 5.41) is 0. The summed E-state index contributed by atoms with van der Waals surface area (Å²) in [6.45, 7) is 4.24. The van der Waals surface area contributed by atoms with E-state index in [1.54, 1.807) is 0 Å². The molecule has 16 heavy (non-hydrogen) atoms. The van der Waals surface area contributed by atoms with Crippen LogP contribution in [-0.4, -0.2) is 18.1 Å². The quantitative estimate of drug-likeness (QED) is 0.789. The van der Waals surface area contributed by atoms with Gasteiger partial charge >= 0.3 is 0 Å². The van der Waals surface area contributed by atoms with Crippen molar-refractivity contribution in [2.45, 2.75) is 39.0 Å². The van der Waals surface area contributed by atoms with Gasteiger partial charge in [-0.3, -0.25) is 0 Å². The molecule has 0 aromatic carbocycles. The molecule has 0 spiro atoms. The van der Waals surface area contributed by atoms with Crippen molar-refractivity contribution in [2.75, 3.05) is 23.7 Å². The Labute approximate surface area is 97.7 Å². The zero-order valence-corrected chi connectivity index (χ0v) is 10.1. The minimum atomic E-state index is 0.854. The normalized spacial score (nSPS) is 17.9. The minimum absolute atomic E-state index is 0.854. The summed E-state index contributed by atoms with van der Waals surface area (Å²) in [5.74, 6) is 1.05. The maximum Gasteiger partial charge on any atom is 0.130 e. The van der Waals surface area contributed by atoms with E-state index < -0.39 is 0 Å². The lowest BCUT2D eigenvalue weighted by molar-refractivity contribution is 0.554. The molecule has 0 amide bonds. The molecule has 3 nitrogen and oxygen atoms in total. The predicted octanol–water partition coefficient (Wildman–Crippen LogP) is 2.74. The van der Waals surface area contributed by atoms with E-state index >= 15 is 0 Å². The minimum Gasteiger partial charge on any atom is -0.398 e. The topological polar surface area (TPSA) is 42.2 Å². The molecule has 0 unspecified atom stereocenters. The number of aromatic nitrogens is 1. The van der Waals surface area contributed by atoms with Crippen molar-refractivity contribution in [3.05, 3.63) is 17.8 Å². The predicted molar refractivity (Wildman–Crippen MR) is 68.7 cm³/mol. The van der Waals surface area contributed by atoms with Crippen molar-refractivity contribution in [3.63, 3.8) is 0 Å². The summed E-state index contributed by atoms with van der Waals surface area (Å²) in [6, 6.07) is 2.01. The van der Waals surface area contributed by atoms with E-state index in [0.29, 0.717) is 0 Å². The Morgan fingerprint density at radius 2 is 1.75 bits per heavy atom. The van der Waals surface area contributed by atoms with Crippen LogP contribution in [0.3, 0.4) is 0 Å². The molecule has 0 aliphatic carbocycles. The van der Waals surface area contributed by atoms with Crippen LogP contribution in [-0.2, 0) is 0 Å². The van der Waals surface area contributed by atoms with Crippen molar-refractivity contribution < 1.29 is 0 Å². The molecule has 1 aliphatic heterocycles. The lowest BCUT2D eigenvalue weighted by Crippen LogP contribution is -2.27. The molecule has 1 aromatic heterocycles. The second kappa shape index (κ2) is 5.19. The Bertz CT molecular complexity index is 341. The zero-order chi connectivity index (χ0) is 11.4. The highest BCUT2D eigenvalue weighted by atomic mass is 15.2. The van der Waals surface area contributed by atoms with Crippen molar-refractivity contribution in [3.8, 4) is 0 Å². The molecule has 0 radical (unpaired) electrons. The number of hydrogen-bond donors (Lipinski definition) is 1. The first kappa shape index (κ1) is 11.2. The highest BCUT2D eigenvalue weighted by Gasteiger charge is 2.10. The van der Waals surface area contributed by atoms with Gasteiger partial charge in [0.2, 0.25) is 0 Å². The second-order valence-corrected chi connectivity index (χ2v) is 4.65. The standard InChI is InChI=1S/C13H21N3/c1-11-10-15-13(9-12(11)14)16-7-5-3-2-4-6-8-16/h9-10H,2-8H2,1H3,(H2,14,15). The summed E-state index contributed by atoms with van der Waals surface area (Å²) < 4.78 is 0. The molecular weight excluding hydrogens is 198 g/mol. The fourth-order valence-corrected chi connectivity index (χ4v) is 2.18. The molecule has 1 fully saturated rings. The van der Waals surface area contributed by atoms with Gasteiger partial charge in [-0.25, -0.2) is 4.98 Å². The fourth-order valence-electron chi connectivity index (χ4n) is 2.18. The first-order valence-electron chi connectivity index (χ1n) is 6.24. The summed E-state index contributed by atoms with van der Waals surface area (Å²) in [5.41, 5.74) is 7.85. The monoisotopic (exact) mass is 219 g/mol. The average Bonchev–Trinajstić information content (AvgIpc) is 2.22. The van der Waals surface area contributed by atoms with Crippen LogP contribution in [0.2, 0.25) is 0 Å². The van der Waals surface area contributed by atoms with Crippen LogP contribution in [0, 0.1) is 6.92 Å². The first-order valence-corrected chi connectivity index (χ1v) is 6.24. The largest absolute Gasteiger partial charge is 0.398 e. The molecule has 2 N–H and O–H groups in total. The lowest BCUT2D eigenvalue weighted by Gasteiger charge is -2.26. The van der Waals surface area contributed by atoms with E-state index in [2.05, 4.69) is 9.88 Å². The van der Waals surface area contributed by atoms with E-state index in [1.807, 2.05) is 19.2 Å². The lowest BCUT2D eigenvalue weighted by atomic mass is 10.1. The fraction of sp³-hybridized carbons (Fsp3) is 0.615. The van der Waals surface area contributed by atoms with Crippen LogP contribution in [0.4, 0.5) is 11.5 Å². The molecule has 0 bridgehead atoms. The van der Waals surface area contributed by atoms with E-state index in [4.69, 9.17) is 5.73 Å². The van der Waals surface area contributed by atoms with Crippen LogP contribution >= 0.6 is 0 Å². The van der Waals surface area contributed by atoms with Gasteiger partial charge < -0.3 is 10.6 Å². The highest BCUT2D eigenvalue weighted by Crippen LogP contribution is 2.20. The second-order valence-electron chi connectivity index (χ2n) is 4.65. The van der Waals surface area contributed by atoms with Crippen molar-refractivity contribution in [1.29, 1.82) is 0 Å². The van der Waals surface area contributed by atoms with E-state index in [0.717, 1.165) is 30.2 Å². The van der Waals surface area contributed by atoms with Gasteiger partial charge in [-0.15, -0.1) is 0 Å². The van der Waals surface area contributed by atoms with Crippen molar-refractivity contribution in [1.82, 2.24) is 4.98 Å². The molecule has 0 saturated carbocycles. The molecule has 1 aliphatic rings. The smallest absolute Gasteiger partial charge is 0.130 e. The van der Waals surface area contributed by atoms with E-state index in [9.17, 15) is 0 Å². The van der Waals surface area contributed by atoms with Gasteiger partial charge in [0.15, 0.2) is 0 Å².